The number of methoxy groups -OCH3 is 1. The Morgan fingerprint density at radius 3 is 2.38 bits per heavy atom. The van der Waals surface area contributed by atoms with Crippen LogP contribution in [-0.4, -0.2) is 37.0 Å². The molecule has 5 heteroatoms. The zero-order valence-electron chi connectivity index (χ0n) is 16.0. The number of amides is 1. The summed E-state index contributed by atoms with van der Waals surface area (Å²) in [5.74, 6) is -0.404. The Kier molecular flexibility index (Phi) is 6.52. The summed E-state index contributed by atoms with van der Waals surface area (Å²) in [5, 5.41) is 3.01. The quantitative estimate of drug-likeness (QED) is 0.806. The lowest BCUT2D eigenvalue weighted by Crippen LogP contribution is -2.39. The number of carbonyl (C=O) groups excluding carboxylic acids is 2. The molecule has 0 saturated heterocycles. The maximum Gasteiger partial charge on any atom is 0.337 e. The van der Waals surface area contributed by atoms with Crippen molar-refractivity contribution in [3.8, 4) is 0 Å². The summed E-state index contributed by atoms with van der Waals surface area (Å²) >= 11 is 0. The zero-order valence-corrected chi connectivity index (χ0v) is 16.0. The minimum atomic E-state index is -0.355. The van der Waals surface area contributed by atoms with Gasteiger partial charge in [-0.05, 0) is 62.7 Å². The highest BCUT2D eigenvalue weighted by atomic mass is 16.5. The van der Waals surface area contributed by atoms with Gasteiger partial charge < -0.3 is 10.1 Å². The molecule has 1 atom stereocenters. The molecule has 5 nitrogen and oxygen atoms in total. The first-order valence-corrected chi connectivity index (χ1v) is 8.57. The second kappa shape index (κ2) is 8.63. The van der Waals surface area contributed by atoms with Crippen LogP contribution in [-0.2, 0) is 16.1 Å². The van der Waals surface area contributed by atoms with Crippen molar-refractivity contribution in [3.63, 3.8) is 0 Å². The molecular formula is C21H26N2O3. The Bertz CT molecular complexity index is 784. The number of rotatable bonds is 6. The molecule has 0 radical (unpaired) electrons. The molecule has 26 heavy (non-hydrogen) atoms. The fourth-order valence-corrected chi connectivity index (χ4v) is 2.60. The number of nitrogens with zero attached hydrogens (tertiary/aromatic N) is 1. The lowest BCUT2D eigenvalue weighted by atomic mass is 10.1. The Labute approximate surface area is 155 Å². The summed E-state index contributed by atoms with van der Waals surface area (Å²) in [6, 6.07) is 12.9. The molecule has 0 spiro atoms. The van der Waals surface area contributed by atoms with Gasteiger partial charge in [-0.15, -0.1) is 0 Å². The summed E-state index contributed by atoms with van der Waals surface area (Å²) < 4.78 is 4.70. The predicted octanol–water partition coefficient (Wildman–Crippen LogP) is 3.55. The van der Waals surface area contributed by atoms with Gasteiger partial charge in [-0.1, -0.05) is 24.3 Å². The van der Waals surface area contributed by atoms with Gasteiger partial charge in [-0.2, -0.15) is 0 Å². The lowest BCUT2D eigenvalue weighted by Gasteiger charge is -2.24. The molecule has 0 heterocycles. The molecule has 1 N–H and O–H groups in total. The third-order valence-electron chi connectivity index (χ3n) is 4.50. The number of benzene rings is 2. The van der Waals surface area contributed by atoms with Crippen LogP contribution in [0.2, 0.25) is 0 Å². The molecule has 1 unspecified atom stereocenters. The van der Waals surface area contributed by atoms with Gasteiger partial charge in [0.15, 0.2) is 0 Å². The van der Waals surface area contributed by atoms with Crippen molar-refractivity contribution in [2.45, 2.75) is 33.4 Å². The SMILES string of the molecule is COC(=O)c1ccc(CN(C)C(C)C(=O)Nc2cc(C)ccc2C)cc1. The maximum absolute atomic E-state index is 12.6. The third-order valence-corrected chi connectivity index (χ3v) is 4.50. The van der Waals surface area contributed by atoms with Crippen LogP contribution >= 0.6 is 0 Å². The average molecular weight is 354 g/mol. The van der Waals surface area contributed by atoms with Crippen molar-refractivity contribution < 1.29 is 14.3 Å². The van der Waals surface area contributed by atoms with Crippen LogP contribution in [0.25, 0.3) is 0 Å². The van der Waals surface area contributed by atoms with Crippen LogP contribution in [0.15, 0.2) is 42.5 Å². The van der Waals surface area contributed by atoms with E-state index in [1.165, 1.54) is 7.11 Å². The Morgan fingerprint density at radius 1 is 1.12 bits per heavy atom. The lowest BCUT2D eigenvalue weighted by molar-refractivity contribution is -0.120. The molecule has 0 aromatic heterocycles. The molecule has 2 aromatic rings. The second-order valence-corrected chi connectivity index (χ2v) is 6.59. The van der Waals surface area contributed by atoms with Crippen molar-refractivity contribution >= 4 is 17.6 Å². The number of ether oxygens (including phenoxy) is 1. The van der Waals surface area contributed by atoms with Crippen LogP contribution in [0.5, 0.6) is 0 Å². The highest BCUT2D eigenvalue weighted by molar-refractivity contribution is 5.95. The van der Waals surface area contributed by atoms with Gasteiger partial charge in [0.25, 0.3) is 0 Å². The number of hydrogen-bond acceptors (Lipinski definition) is 4. The number of esters is 1. The van der Waals surface area contributed by atoms with Gasteiger partial charge in [-0.25, -0.2) is 4.79 Å². The predicted molar refractivity (Wildman–Crippen MR) is 103 cm³/mol. The van der Waals surface area contributed by atoms with Crippen LogP contribution < -0.4 is 5.32 Å². The van der Waals surface area contributed by atoms with Crippen molar-refractivity contribution in [1.82, 2.24) is 4.90 Å². The van der Waals surface area contributed by atoms with E-state index in [1.807, 2.05) is 63.1 Å². The maximum atomic E-state index is 12.6. The minimum Gasteiger partial charge on any atom is -0.465 e. The molecule has 0 aliphatic rings. The first-order chi connectivity index (χ1) is 12.3. The van der Waals surface area contributed by atoms with E-state index in [2.05, 4.69) is 5.32 Å². The first kappa shape index (κ1) is 19.7. The van der Waals surface area contributed by atoms with E-state index in [-0.39, 0.29) is 17.9 Å². The molecule has 0 aliphatic carbocycles. The van der Waals surface area contributed by atoms with Crippen LogP contribution in [0.4, 0.5) is 5.69 Å². The molecule has 1 amide bonds. The Balaban J connectivity index is 1.99. The molecule has 0 saturated carbocycles. The highest BCUT2D eigenvalue weighted by Gasteiger charge is 2.19. The van der Waals surface area contributed by atoms with E-state index in [0.717, 1.165) is 22.4 Å². The molecule has 0 bridgehead atoms. The molecular weight excluding hydrogens is 328 g/mol. The number of hydrogen-bond donors (Lipinski definition) is 1. The van der Waals surface area contributed by atoms with E-state index in [4.69, 9.17) is 4.74 Å². The third kappa shape index (κ3) is 4.92. The fourth-order valence-electron chi connectivity index (χ4n) is 2.60. The van der Waals surface area contributed by atoms with Gasteiger partial charge in [0, 0.05) is 12.2 Å². The number of likely N-dealkylation sites (N-methyl/N-ethyl adjacent to an activating group) is 1. The summed E-state index contributed by atoms with van der Waals surface area (Å²) in [6.45, 7) is 6.46. The van der Waals surface area contributed by atoms with E-state index >= 15 is 0 Å². The van der Waals surface area contributed by atoms with E-state index in [0.29, 0.717) is 12.1 Å². The zero-order chi connectivity index (χ0) is 19.3. The van der Waals surface area contributed by atoms with Gasteiger partial charge in [0.1, 0.15) is 0 Å². The normalized spacial score (nSPS) is 11.9. The number of aryl methyl sites for hydroxylation is 2. The topological polar surface area (TPSA) is 58.6 Å². The molecule has 2 aromatic carbocycles. The van der Waals surface area contributed by atoms with Crippen molar-refractivity contribution in [3.05, 3.63) is 64.7 Å². The summed E-state index contributed by atoms with van der Waals surface area (Å²) in [4.78, 5) is 26.0. The fraction of sp³-hybridized carbons (Fsp3) is 0.333. The van der Waals surface area contributed by atoms with Crippen molar-refractivity contribution in [2.24, 2.45) is 0 Å². The van der Waals surface area contributed by atoms with Crippen LogP contribution in [0.1, 0.15) is 34.0 Å². The van der Waals surface area contributed by atoms with Crippen LogP contribution in [0, 0.1) is 13.8 Å². The average Bonchev–Trinajstić information content (AvgIpc) is 2.63. The van der Waals surface area contributed by atoms with Gasteiger partial charge in [0.2, 0.25) is 5.91 Å². The molecule has 0 fully saturated rings. The minimum absolute atomic E-state index is 0.0487. The van der Waals surface area contributed by atoms with E-state index < -0.39 is 0 Å². The van der Waals surface area contributed by atoms with E-state index in [9.17, 15) is 9.59 Å². The summed E-state index contributed by atoms with van der Waals surface area (Å²) in [5.41, 5.74) is 4.53. The van der Waals surface area contributed by atoms with Crippen molar-refractivity contribution in [1.29, 1.82) is 0 Å². The highest BCUT2D eigenvalue weighted by Crippen LogP contribution is 2.17. The van der Waals surface area contributed by atoms with E-state index in [1.54, 1.807) is 12.1 Å². The first-order valence-electron chi connectivity index (χ1n) is 8.57. The number of anilines is 1. The monoisotopic (exact) mass is 354 g/mol. The molecule has 0 aliphatic heterocycles. The van der Waals surface area contributed by atoms with Gasteiger partial charge >= 0.3 is 5.97 Å². The number of nitrogens with one attached hydrogen (secondary N) is 1. The second-order valence-electron chi connectivity index (χ2n) is 6.59. The van der Waals surface area contributed by atoms with Crippen molar-refractivity contribution in [2.75, 3.05) is 19.5 Å². The van der Waals surface area contributed by atoms with Gasteiger partial charge in [0.05, 0.1) is 18.7 Å². The summed E-state index contributed by atoms with van der Waals surface area (Å²) in [7, 11) is 3.27. The smallest absolute Gasteiger partial charge is 0.337 e. The molecule has 2 rings (SSSR count). The summed E-state index contributed by atoms with van der Waals surface area (Å²) in [6.07, 6.45) is 0. The molecule has 138 valence electrons. The Morgan fingerprint density at radius 2 is 1.77 bits per heavy atom. The largest absolute Gasteiger partial charge is 0.465 e. The van der Waals surface area contributed by atoms with Gasteiger partial charge in [-0.3, -0.25) is 9.69 Å². The standard InChI is InChI=1S/C21H26N2O3/c1-14-6-7-15(2)19(12-14)22-20(24)16(3)23(4)13-17-8-10-18(11-9-17)21(25)26-5/h6-12,16H,13H2,1-5H3,(H,22,24). The Hall–Kier alpha value is -2.66. The number of carbonyl (C=O) groups is 2. The van der Waals surface area contributed by atoms with Crippen LogP contribution in [0.3, 0.4) is 0 Å².